The van der Waals surface area contributed by atoms with E-state index in [1.54, 1.807) is 4.90 Å². The number of piperidine rings is 1. The van der Waals surface area contributed by atoms with Crippen molar-refractivity contribution in [3.63, 3.8) is 0 Å². The summed E-state index contributed by atoms with van der Waals surface area (Å²) >= 11 is 0. The zero-order chi connectivity index (χ0) is 36.7. The number of fused-ring (bicyclic) bond motifs is 1. The molecule has 0 bridgehead atoms. The molecule has 2 N–H and O–H groups in total. The fourth-order valence-corrected chi connectivity index (χ4v) is 6.81. The lowest BCUT2D eigenvalue weighted by Gasteiger charge is -2.36. The maximum Gasteiger partial charge on any atom is 0.266 e. The molecule has 260 valence electrons. The Labute approximate surface area is 299 Å². The Kier molecular flexibility index (Phi) is 8.10. The Hall–Kier alpha value is -5.55. The predicted molar refractivity (Wildman–Crippen MR) is 190 cm³/mol. The Balaban J connectivity index is 0.820. The number of hydrogen-bond donors (Lipinski definition) is 2. The van der Waals surface area contributed by atoms with Crippen LogP contribution in [0.3, 0.4) is 0 Å². The fourth-order valence-electron chi connectivity index (χ4n) is 6.81. The lowest BCUT2D eigenvalue weighted by molar-refractivity contribution is -0.137. The normalized spacial score (nSPS) is 23.8. The summed E-state index contributed by atoms with van der Waals surface area (Å²) in [7, 11) is 0. The molecule has 4 heterocycles. The lowest BCUT2D eigenvalue weighted by Crippen LogP contribution is -2.50. The Morgan fingerprint density at radius 2 is 1.71 bits per heavy atom. The number of carbonyl (C=O) groups excluding carboxylic acids is 2. The summed E-state index contributed by atoms with van der Waals surface area (Å²) in [5, 5.41) is 13.5. The van der Waals surface area contributed by atoms with Gasteiger partial charge in [-0.2, -0.15) is 0 Å². The smallest absolute Gasteiger partial charge is 0.266 e. The van der Waals surface area contributed by atoms with Crippen molar-refractivity contribution in [1.29, 1.82) is 0 Å². The molecule has 5 aromatic rings. The van der Waals surface area contributed by atoms with E-state index in [2.05, 4.69) is 63.9 Å². The molecule has 2 amide bonds. The quantitative estimate of drug-likeness (QED) is 0.155. The number of carbonyl (C=O) groups is 2. The van der Waals surface area contributed by atoms with Crippen LogP contribution in [0.4, 0.5) is 5.69 Å². The van der Waals surface area contributed by atoms with Crippen molar-refractivity contribution in [2.24, 2.45) is 0 Å². The molecule has 1 saturated heterocycles. The lowest BCUT2D eigenvalue weighted by atomic mass is 9.78. The number of nitrogens with one attached hydrogen (secondary N) is 2. The SMILES string of the molecule is [2H]C1c2ccc(NC3CC(Oc4ccc(C(C)(C)c5ccc(OCc6cccc(-c7nnco7)n6)cc5)cc4)C3)cc2C([2H])N1C1CCC(=O)NC1=O. The van der Waals surface area contributed by atoms with Gasteiger partial charge in [-0.25, -0.2) is 4.98 Å². The van der Waals surface area contributed by atoms with Crippen LogP contribution in [0.5, 0.6) is 11.5 Å². The molecule has 51 heavy (non-hydrogen) atoms. The van der Waals surface area contributed by atoms with Crippen LogP contribution < -0.4 is 20.1 Å². The molecule has 11 heteroatoms. The monoisotopic (exact) mass is 686 g/mol. The van der Waals surface area contributed by atoms with Crippen LogP contribution in [-0.2, 0) is 34.7 Å². The molecule has 1 saturated carbocycles. The first-order valence-electron chi connectivity index (χ1n) is 18.4. The Morgan fingerprint density at radius 1 is 0.961 bits per heavy atom. The van der Waals surface area contributed by atoms with E-state index in [9.17, 15) is 9.59 Å². The third-order valence-electron chi connectivity index (χ3n) is 9.93. The van der Waals surface area contributed by atoms with Crippen LogP contribution in [0, 0.1) is 0 Å². The van der Waals surface area contributed by atoms with E-state index in [0.29, 0.717) is 24.6 Å². The van der Waals surface area contributed by atoms with Gasteiger partial charge >= 0.3 is 0 Å². The standard InChI is InChI=1S/C40H40N6O5/c1-40(2,27-7-12-32(13-8-27)49-23-30-4-3-5-35(43-30)39-45-41-24-50-39)28-9-14-33(15-10-28)51-34-19-31(20-34)42-29-11-6-25-21-46(22-26(25)18-29)36-16-17-37(47)44-38(36)48/h3-15,18,24,31,34,36,42H,16-17,19-23H2,1-2H3,(H,44,47,48)/i21D,22D. The molecule has 2 aromatic heterocycles. The van der Waals surface area contributed by atoms with Crippen molar-refractivity contribution >= 4 is 17.5 Å². The molecule has 3 aromatic carbocycles. The number of hydrogen-bond acceptors (Lipinski definition) is 10. The molecule has 2 aliphatic heterocycles. The van der Waals surface area contributed by atoms with Gasteiger partial charge in [-0.3, -0.25) is 19.8 Å². The van der Waals surface area contributed by atoms with Crippen molar-refractivity contribution in [3.05, 3.63) is 119 Å². The van der Waals surface area contributed by atoms with Crippen LogP contribution in [0.2, 0.25) is 0 Å². The largest absolute Gasteiger partial charge is 0.490 e. The van der Waals surface area contributed by atoms with Crippen molar-refractivity contribution in [2.75, 3.05) is 5.32 Å². The number of nitrogens with zero attached hydrogens (tertiary/aromatic N) is 4. The van der Waals surface area contributed by atoms with Crippen LogP contribution in [0.15, 0.2) is 95.7 Å². The molecule has 11 nitrogen and oxygen atoms in total. The summed E-state index contributed by atoms with van der Waals surface area (Å²) in [6, 6.07) is 27.3. The molecule has 3 unspecified atom stereocenters. The maximum absolute atomic E-state index is 12.5. The first kappa shape index (κ1) is 30.3. The van der Waals surface area contributed by atoms with Gasteiger partial charge < -0.3 is 19.2 Å². The minimum absolute atomic E-state index is 0.0920. The number of benzene rings is 3. The van der Waals surface area contributed by atoms with E-state index in [4.69, 9.17) is 16.6 Å². The minimum Gasteiger partial charge on any atom is -0.490 e. The van der Waals surface area contributed by atoms with Gasteiger partial charge in [0.25, 0.3) is 5.89 Å². The number of ether oxygens (including phenoxy) is 2. The number of imide groups is 1. The summed E-state index contributed by atoms with van der Waals surface area (Å²) < 4.78 is 35.1. The second-order valence-electron chi connectivity index (χ2n) is 13.8. The zero-order valence-electron chi connectivity index (χ0n) is 30.4. The van der Waals surface area contributed by atoms with Crippen LogP contribution >= 0.6 is 0 Å². The van der Waals surface area contributed by atoms with Crippen molar-refractivity contribution < 1.29 is 26.2 Å². The summed E-state index contributed by atoms with van der Waals surface area (Å²) in [6.07, 6.45) is 3.59. The van der Waals surface area contributed by atoms with Gasteiger partial charge in [0.05, 0.1) is 11.7 Å². The van der Waals surface area contributed by atoms with Gasteiger partial charge in [-0.15, -0.1) is 10.2 Å². The summed E-state index contributed by atoms with van der Waals surface area (Å²) in [5.41, 5.74) is 5.78. The van der Waals surface area contributed by atoms with Gasteiger partial charge in [0, 0.05) is 52.2 Å². The van der Waals surface area contributed by atoms with E-state index >= 15 is 0 Å². The number of amides is 2. The number of aromatic nitrogens is 3. The first-order valence-corrected chi connectivity index (χ1v) is 17.2. The van der Waals surface area contributed by atoms with Gasteiger partial charge in [0.15, 0.2) is 0 Å². The van der Waals surface area contributed by atoms with E-state index in [1.165, 1.54) is 12.0 Å². The molecular formula is C40H40N6O5. The van der Waals surface area contributed by atoms with E-state index in [1.807, 2.05) is 60.7 Å². The van der Waals surface area contributed by atoms with E-state index < -0.39 is 25.0 Å². The minimum atomic E-state index is -0.848. The Bertz CT molecular complexity index is 2110. The van der Waals surface area contributed by atoms with Gasteiger partial charge in [0.2, 0.25) is 18.2 Å². The third kappa shape index (κ3) is 7.07. The van der Waals surface area contributed by atoms with Crippen molar-refractivity contribution in [3.8, 4) is 23.1 Å². The van der Waals surface area contributed by atoms with E-state index in [0.717, 1.165) is 52.4 Å². The molecule has 3 atom stereocenters. The van der Waals surface area contributed by atoms with Crippen LogP contribution in [-0.4, -0.2) is 50.1 Å². The van der Waals surface area contributed by atoms with Crippen molar-refractivity contribution in [1.82, 2.24) is 25.4 Å². The summed E-state index contributed by atoms with van der Waals surface area (Å²) in [6.45, 7) is 3.04. The second-order valence-corrected chi connectivity index (χ2v) is 13.8. The second kappa shape index (κ2) is 13.6. The highest BCUT2D eigenvalue weighted by Gasteiger charge is 2.35. The zero-order valence-corrected chi connectivity index (χ0v) is 28.4. The average Bonchev–Trinajstić information content (AvgIpc) is 3.77. The van der Waals surface area contributed by atoms with Gasteiger partial charge in [-0.1, -0.05) is 50.2 Å². The topological polar surface area (TPSA) is 132 Å². The summed E-state index contributed by atoms with van der Waals surface area (Å²) in [5.74, 6) is 1.23. The highest BCUT2D eigenvalue weighted by atomic mass is 16.5. The molecule has 2 fully saturated rings. The number of anilines is 1. The number of rotatable bonds is 11. The van der Waals surface area contributed by atoms with Crippen molar-refractivity contribution in [2.45, 2.75) is 82.8 Å². The predicted octanol–water partition coefficient (Wildman–Crippen LogP) is 6.18. The van der Waals surface area contributed by atoms with Crippen LogP contribution in [0.1, 0.15) is 70.2 Å². The first-order chi connectivity index (χ1) is 25.6. The average molecular weight is 687 g/mol. The number of pyridine rings is 1. The fraction of sp³-hybridized carbons (Fsp3) is 0.325. The maximum atomic E-state index is 12.5. The molecule has 8 rings (SSSR count). The van der Waals surface area contributed by atoms with Gasteiger partial charge in [-0.05, 0) is 77.2 Å². The summed E-state index contributed by atoms with van der Waals surface area (Å²) in [4.78, 5) is 30.3. The highest BCUT2D eigenvalue weighted by molar-refractivity contribution is 6.00. The Morgan fingerprint density at radius 3 is 2.43 bits per heavy atom. The third-order valence-corrected chi connectivity index (χ3v) is 9.93. The molecule has 1 aliphatic carbocycles. The van der Waals surface area contributed by atoms with E-state index in [-0.39, 0.29) is 29.9 Å². The molecule has 0 spiro atoms. The molecule has 3 aliphatic rings. The highest BCUT2D eigenvalue weighted by Crippen LogP contribution is 2.36. The molecule has 0 radical (unpaired) electrons. The molecular weight excluding hydrogens is 644 g/mol. The van der Waals surface area contributed by atoms with Gasteiger partial charge in [0.1, 0.15) is 29.9 Å². The van der Waals surface area contributed by atoms with Crippen LogP contribution in [0.25, 0.3) is 11.6 Å².